The molecule has 0 aliphatic rings. The molecule has 0 saturated carbocycles. The van der Waals surface area contributed by atoms with E-state index >= 15 is 0 Å². The van der Waals surface area contributed by atoms with Gasteiger partial charge in [-0.15, -0.1) is 0 Å². The Hall–Kier alpha value is -2.95. The van der Waals surface area contributed by atoms with Crippen molar-refractivity contribution in [2.24, 2.45) is 0 Å². The lowest BCUT2D eigenvalue weighted by molar-refractivity contribution is -0.131. The zero-order valence-electron chi connectivity index (χ0n) is 17.3. The van der Waals surface area contributed by atoms with Crippen LogP contribution in [-0.2, 0) is 30.3 Å². The second-order valence-corrected chi connectivity index (χ2v) is 8.40. The second kappa shape index (κ2) is 12.0. The maximum absolute atomic E-state index is 12.2. The predicted octanol–water partition coefficient (Wildman–Crippen LogP) is -0.438. The van der Waals surface area contributed by atoms with Crippen LogP contribution in [0.2, 0.25) is 0 Å². The number of carbonyl (C=O) groups excluding carboxylic acids is 4. The summed E-state index contributed by atoms with van der Waals surface area (Å²) in [5, 5.41) is 9.04. The van der Waals surface area contributed by atoms with E-state index < -0.39 is 55.8 Å². The molecule has 0 aliphatic heterocycles. The van der Waals surface area contributed by atoms with Gasteiger partial charge in [0.05, 0.1) is 0 Å². The fourth-order valence-corrected chi connectivity index (χ4v) is 2.51. The summed E-state index contributed by atoms with van der Waals surface area (Å²) in [6.07, 6.45) is -1.67. The van der Waals surface area contributed by atoms with E-state index in [0.717, 1.165) is 5.56 Å². The van der Waals surface area contributed by atoms with Crippen LogP contribution in [0.3, 0.4) is 0 Å². The van der Waals surface area contributed by atoms with Gasteiger partial charge < -0.3 is 35.8 Å². The molecule has 0 heterocycles. The Balaban J connectivity index is 2.41. The van der Waals surface area contributed by atoms with E-state index in [-0.39, 0.29) is 6.61 Å². The predicted molar refractivity (Wildman–Crippen MR) is 109 cm³/mol. The highest BCUT2D eigenvalue weighted by atomic mass is 31.2. The van der Waals surface area contributed by atoms with Crippen LogP contribution in [0.5, 0.6) is 0 Å². The van der Waals surface area contributed by atoms with Gasteiger partial charge in [-0.3, -0.25) is 18.9 Å². The molecule has 0 unspecified atom stereocenters. The van der Waals surface area contributed by atoms with E-state index in [9.17, 15) is 23.7 Å². The summed E-state index contributed by atoms with van der Waals surface area (Å²) in [7, 11) is -4.42. The highest BCUT2D eigenvalue weighted by Crippen LogP contribution is 2.31. The summed E-state index contributed by atoms with van der Waals surface area (Å²) >= 11 is 0. The summed E-state index contributed by atoms with van der Waals surface area (Å²) in [4.78, 5) is 65.3. The smallest absolute Gasteiger partial charge is 0.408 e. The maximum Gasteiger partial charge on any atom is 0.408 e. The number of hydrogen-bond donors (Lipinski definition) is 6. The first-order chi connectivity index (χ1) is 14.4. The van der Waals surface area contributed by atoms with Crippen LogP contribution in [0.15, 0.2) is 30.3 Å². The number of rotatable bonds is 10. The number of alkyl carbamates (subject to hydrolysis) is 1. The van der Waals surface area contributed by atoms with E-state index in [0.29, 0.717) is 0 Å². The summed E-state index contributed by atoms with van der Waals surface area (Å²) in [6, 6.07) is 5.82. The van der Waals surface area contributed by atoms with Gasteiger partial charge in [0.2, 0.25) is 17.7 Å². The van der Waals surface area contributed by atoms with Crippen molar-refractivity contribution in [3.05, 3.63) is 35.9 Å². The van der Waals surface area contributed by atoms with Crippen molar-refractivity contribution in [1.29, 1.82) is 0 Å². The van der Waals surface area contributed by atoms with E-state index in [4.69, 9.17) is 14.5 Å². The average Bonchev–Trinajstić information content (AvgIpc) is 2.70. The number of ether oxygens (including phenoxy) is 1. The van der Waals surface area contributed by atoms with Crippen LogP contribution in [0.4, 0.5) is 4.79 Å². The third-order valence-corrected chi connectivity index (χ3v) is 4.47. The van der Waals surface area contributed by atoms with Gasteiger partial charge in [-0.25, -0.2) is 4.79 Å². The molecule has 172 valence electrons. The van der Waals surface area contributed by atoms with Crippen LogP contribution in [0.1, 0.15) is 26.3 Å². The van der Waals surface area contributed by atoms with Gasteiger partial charge in [-0.2, -0.15) is 0 Å². The van der Waals surface area contributed by atoms with Gasteiger partial charge in [-0.05, 0) is 26.3 Å². The van der Waals surface area contributed by atoms with E-state index in [1.54, 1.807) is 24.3 Å². The minimum Gasteiger partial charge on any atom is -0.445 e. The van der Waals surface area contributed by atoms with Crippen molar-refractivity contribution >= 4 is 31.4 Å². The van der Waals surface area contributed by atoms with Gasteiger partial charge in [0.15, 0.2) is 0 Å². The minimum atomic E-state index is -4.42. The van der Waals surface area contributed by atoms with Crippen molar-refractivity contribution < 1.29 is 38.3 Å². The topological polar surface area (TPSA) is 183 Å². The number of amides is 4. The molecule has 13 heteroatoms. The Morgan fingerprint density at radius 2 is 1.35 bits per heavy atom. The van der Waals surface area contributed by atoms with Crippen molar-refractivity contribution in [1.82, 2.24) is 21.3 Å². The van der Waals surface area contributed by atoms with Gasteiger partial charge in [0.1, 0.15) is 31.0 Å². The molecule has 0 saturated heterocycles. The van der Waals surface area contributed by atoms with Crippen LogP contribution in [0, 0.1) is 0 Å². The molecule has 12 nitrogen and oxygen atoms in total. The monoisotopic (exact) mass is 458 g/mol. The van der Waals surface area contributed by atoms with Gasteiger partial charge in [0, 0.05) is 0 Å². The third-order valence-electron chi connectivity index (χ3n) is 3.90. The molecule has 0 fully saturated rings. The number of carbonyl (C=O) groups is 4. The average molecular weight is 458 g/mol. The minimum absolute atomic E-state index is 0.0296. The molecule has 0 bridgehead atoms. The van der Waals surface area contributed by atoms with Gasteiger partial charge >= 0.3 is 13.7 Å². The number of hydrogen-bond acceptors (Lipinski definition) is 6. The Kier molecular flexibility index (Phi) is 10.1. The summed E-state index contributed by atoms with van der Waals surface area (Å²) < 4.78 is 15.8. The largest absolute Gasteiger partial charge is 0.445 e. The van der Waals surface area contributed by atoms with Gasteiger partial charge in [-0.1, -0.05) is 30.3 Å². The molecule has 0 aliphatic carbocycles. The Bertz CT molecular complexity index is 829. The molecule has 3 atom stereocenters. The maximum atomic E-state index is 12.2. The standard InChI is InChI=1S/C18H27N4O8P/c1-11(15(23)19-10-31(27,28)29)20-16(24)12(2)21-17(25)13(3)22-18(26)30-9-14-7-5-4-6-8-14/h4-8,11-13H,9-10H2,1-3H3,(H,19,23)(H,20,24)(H,21,25)(H,22,26)(H2,27,28,29)/t11-,12-,13-/m0/s1. The van der Waals surface area contributed by atoms with Crippen molar-refractivity contribution in [3.63, 3.8) is 0 Å². The van der Waals surface area contributed by atoms with E-state index in [1.165, 1.54) is 20.8 Å². The second-order valence-electron chi connectivity index (χ2n) is 6.75. The number of nitrogens with one attached hydrogen (secondary N) is 4. The molecular formula is C18H27N4O8P. The third kappa shape index (κ3) is 10.6. The lowest BCUT2D eigenvalue weighted by Gasteiger charge is -2.20. The molecule has 1 rings (SSSR count). The van der Waals surface area contributed by atoms with Crippen LogP contribution in [0.25, 0.3) is 0 Å². The first kappa shape index (κ1) is 26.1. The molecule has 6 N–H and O–H groups in total. The highest BCUT2D eigenvalue weighted by Gasteiger charge is 2.25. The first-order valence-electron chi connectivity index (χ1n) is 9.29. The fraction of sp³-hybridized carbons (Fsp3) is 0.444. The van der Waals surface area contributed by atoms with Crippen LogP contribution >= 0.6 is 7.60 Å². The quantitative estimate of drug-likeness (QED) is 0.255. The Morgan fingerprint density at radius 3 is 1.87 bits per heavy atom. The van der Waals surface area contributed by atoms with E-state index in [2.05, 4.69) is 16.0 Å². The highest BCUT2D eigenvalue weighted by molar-refractivity contribution is 7.51. The Morgan fingerprint density at radius 1 is 0.871 bits per heavy atom. The molecule has 0 radical (unpaired) electrons. The van der Waals surface area contributed by atoms with Crippen LogP contribution in [-0.4, -0.2) is 58.0 Å². The summed E-state index contributed by atoms with van der Waals surface area (Å²) in [5.41, 5.74) is 0.777. The summed E-state index contributed by atoms with van der Waals surface area (Å²) in [5.74, 6) is -2.16. The lowest BCUT2D eigenvalue weighted by atomic mass is 10.2. The molecule has 0 aromatic heterocycles. The molecule has 4 amide bonds. The Labute approximate surface area is 179 Å². The number of benzene rings is 1. The molecular weight excluding hydrogens is 431 g/mol. The van der Waals surface area contributed by atoms with Crippen molar-refractivity contribution in [3.8, 4) is 0 Å². The van der Waals surface area contributed by atoms with E-state index in [1.807, 2.05) is 11.4 Å². The fourth-order valence-electron chi connectivity index (χ4n) is 2.15. The SMILES string of the molecule is C[C@H](NC(=O)OCc1ccccc1)C(=O)N[C@@H](C)C(=O)N[C@@H](C)C(=O)NCP(=O)(O)O. The van der Waals surface area contributed by atoms with Gasteiger partial charge in [0.25, 0.3) is 0 Å². The lowest BCUT2D eigenvalue weighted by Crippen LogP contribution is -2.54. The molecule has 1 aromatic carbocycles. The molecule has 1 aromatic rings. The summed E-state index contributed by atoms with van der Waals surface area (Å²) in [6.45, 7) is 4.12. The van der Waals surface area contributed by atoms with Crippen molar-refractivity contribution in [2.45, 2.75) is 45.5 Å². The first-order valence-corrected chi connectivity index (χ1v) is 11.1. The molecule has 0 spiro atoms. The molecule has 31 heavy (non-hydrogen) atoms. The van der Waals surface area contributed by atoms with Crippen LogP contribution < -0.4 is 21.3 Å². The zero-order chi connectivity index (χ0) is 23.6. The zero-order valence-corrected chi connectivity index (χ0v) is 18.2. The van der Waals surface area contributed by atoms with Crippen molar-refractivity contribution in [2.75, 3.05) is 6.29 Å². The normalized spacial score (nSPS) is 13.8.